The van der Waals surface area contributed by atoms with Crippen molar-refractivity contribution in [1.82, 2.24) is 19.5 Å². The number of hydrogen-bond donors (Lipinski definition) is 1. The average Bonchev–Trinajstić information content (AvgIpc) is 3.06. The zero-order chi connectivity index (χ0) is 20.1. The molecule has 10 heteroatoms. The lowest BCUT2D eigenvalue weighted by molar-refractivity contribution is 0.141. The Morgan fingerprint density at radius 1 is 1.11 bits per heavy atom. The lowest BCUT2D eigenvalue weighted by atomic mass is 10.1. The summed E-state index contributed by atoms with van der Waals surface area (Å²) < 4.78 is 22.7. The van der Waals surface area contributed by atoms with Crippen molar-refractivity contribution in [2.75, 3.05) is 40.3 Å². The molecule has 0 aliphatic heterocycles. The normalized spacial score (nSPS) is 10.6. The van der Waals surface area contributed by atoms with Gasteiger partial charge < -0.3 is 24.7 Å². The molecule has 2 N–H and O–H groups in total. The average molecular weight is 384 g/mol. The van der Waals surface area contributed by atoms with E-state index in [9.17, 15) is 5.26 Å². The standard InChI is InChI=1S/C18H20N6O4/c1-25-6-7-28-17-22-15(20)14-16(23-17)24(18(21-14)27-3)10-11-4-5-13(26-2)12(8-11)9-19/h4-5,8H,6-7,10H2,1-3H3,(H2,20,22,23). The number of rotatable bonds is 8. The number of benzene rings is 1. The molecule has 0 fully saturated rings. The fourth-order valence-corrected chi connectivity index (χ4v) is 2.68. The van der Waals surface area contributed by atoms with Gasteiger partial charge in [-0.3, -0.25) is 4.57 Å². The van der Waals surface area contributed by atoms with Crippen molar-refractivity contribution in [2.45, 2.75) is 6.54 Å². The summed E-state index contributed by atoms with van der Waals surface area (Å²) in [5, 5.41) is 9.31. The minimum atomic E-state index is 0.123. The molecule has 0 aliphatic carbocycles. The number of methoxy groups -OCH3 is 3. The van der Waals surface area contributed by atoms with E-state index < -0.39 is 0 Å². The summed E-state index contributed by atoms with van der Waals surface area (Å²) in [6.07, 6.45) is 0. The van der Waals surface area contributed by atoms with Gasteiger partial charge in [-0.1, -0.05) is 6.07 Å². The van der Waals surface area contributed by atoms with Crippen LogP contribution in [0.3, 0.4) is 0 Å². The minimum absolute atomic E-state index is 0.123. The summed E-state index contributed by atoms with van der Waals surface area (Å²) in [6.45, 7) is 1.04. The molecule has 0 bridgehead atoms. The molecule has 1 aromatic carbocycles. The van der Waals surface area contributed by atoms with E-state index in [4.69, 9.17) is 24.7 Å². The Morgan fingerprint density at radius 2 is 1.93 bits per heavy atom. The molecule has 2 heterocycles. The van der Waals surface area contributed by atoms with Gasteiger partial charge in [0.05, 0.1) is 32.9 Å². The molecular weight excluding hydrogens is 364 g/mol. The Kier molecular flexibility index (Phi) is 5.76. The maximum absolute atomic E-state index is 9.31. The highest BCUT2D eigenvalue weighted by molar-refractivity contribution is 5.83. The number of nitriles is 1. The molecule has 0 saturated carbocycles. The molecule has 146 valence electrons. The second kappa shape index (κ2) is 8.41. The van der Waals surface area contributed by atoms with Crippen molar-refractivity contribution in [1.29, 1.82) is 5.26 Å². The summed E-state index contributed by atoms with van der Waals surface area (Å²) in [5.74, 6) is 0.691. The fraction of sp³-hybridized carbons (Fsp3) is 0.333. The third-order valence-electron chi connectivity index (χ3n) is 3.99. The molecule has 2 aromatic heterocycles. The van der Waals surface area contributed by atoms with Gasteiger partial charge in [-0.05, 0) is 17.7 Å². The Bertz CT molecular complexity index is 1030. The quantitative estimate of drug-likeness (QED) is 0.572. The summed E-state index contributed by atoms with van der Waals surface area (Å²) >= 11 is 0. The van der Waals surface area contributed by atoms with Gasteiger partial charge in [0.2, 0.25) is 0 Å². The third-order valence-corrected chi connectivity index (χ3v) is 3.99. The zero-order valence-corrected chi connectivity index (χ0v) is 15.8. The second-order valence-electron chi connectivity index (χ2n) is 5.74. The number of imidazole rings is 1. The van der Waals surface area contributed by atoms with E-state index in [0.717, 1.165) is 5.56 Å². The van der Waals surface area contributed by atoms with E-state index in [-0.39, 0.29) is 18.4 Å². The minimum Gasteiger partial charge on any atom is -0.495 e. The summed E-state index contributed by atoms with van der Waals surface area (Å²) in [7, 11) is 4.60. The number of aromatic nitrogens is 4. The van der Waals surface area contributed by atoms with Crippen LogP contribution >= 0.6 is 0 Å². The van der Waals surface area contributed by atoms with Crippen molar-refractivity contribution in [3.8, 4) is 23.8 Å². The van der Waals surface area contributed by atoms with Crippen LogP contribution in [0, 0.1) is 11.3 Å². The molecule has 28 heavy (non-hydrogen) atoms. The first-order valence-electron chi connectivity index (χ1n) is 8.37. The fourth-order valence-electron chi connectivity index (χ4n) is 2.68. The van der Waals surface area contributed by atoms with Crippen LogP contribution in [0.5, 0.6) is 17.8 Å². The molecular formula is C18H20N6O4. The maximum atomic E-state index is 9.31. The van der Waals surface area contributed by atoms with Gasteiger partial charge in [-0.2, -0.15) is 20.2 Å². The van der Waals surface area contributed by atoms with E-state index in [1.165, 1.54) is 14.2 Å². The molecule has 0 spiro atoms. The SMILES string of the molecule is COCCOc1nc(N)c2nc(OC)n(Cc3ccc(OC)c(C#N)c3)c2n1. The number of hydrogen-bond acceptors (Lipinski definition) is 9. The first kappa shape index (κ1) is 19.2. The van der Waals surface area contributed by atoms with Crippen molar-refractivity contribution < 1.29 is 18.9 Å². The first-order valence-corrected chi connectivity index (χ1v) is 8.37. The van der Waals surface area contributed by atoms with Gasteiger partial charge in [0.15, 0.2) is 17.0 Å². The molecule has 0 unspecified atom stereocenters. The molecule has 3 rings (SSSR count). The summed E-state index contributed by atoms with van der Waals surface area (Å²) in [4.78, 5) is 12.9. The topological polar surface area (TPSA) is 130 Å². The predicted octanol–water partition coefficient (Wildman–Crippen LogP) is 1.37. The highest BCUT2D eigenvalue weighted by Crippen LogP contribution is 2.27. The van der Waals surface area contributed by atoms with Crippen molar-refractivity contribution in [2.24, 2.45) is 0 Å². The predicted molar refractivity (Wildman–Crippen MR) is 100 cm³/mol. The highest BCUT2D eigenvalue weighted by atomic mass is 16.5. The van der Waals surface area contributed by atoms with Crippen LogP contribution in [-0.2, 0) is 11.3 Å². The lowest BCUT2D eigenvalue weighted by Crippen LogP contribution is -2.09. The van der Waals surface area contributed by atoms with Crippen LogP contribution in [0.15, 0.2) is 18.2 Å². The molecule has 3 aromatic rings. The molecule has 0 amide bonds. The molecule has 10 nitrogen and oxygen atoms in total. The summed E-state index contributed by atoms with van der Waals surface area (Å²) in [5.41, 5.74) is 8.17. The molecule has 0 atom stereocenters. The van der Waals surface area contributed by atoms with Gasteiger partial charge in [-0.25, -0.2) is 0 Å². The second-order valence-corrected chi connectivity index (χ2v) is 5.74. The Hall–Kier alpha value is -3.58. The summed E-state index contributed by atoms with van der Waals surface area (Å²) in [6, 6.07) is 7.89. The van der Waals surface area contributed by atoms with Gasteiger partial charge in [-0.15, -0.1) is 0 Å². The van der Waals surface area contributed by atoms with Crippen LogP contribution < -0.4 is 19.9 Å². The smallest absolute Gasteiger partial charge is 0.320 e. The van der Waals surface area contributed by atoms with Crippen LogP contribution in [0.4, 0.5) is 5.82 Å². The Balaban J connectivity index is 2.02. The van der Waals surface area contributed by atoms with E-state index in [2.05, 4.69) is 21.0 Å². The third kappa shape index (κ3) is 3.74. The maximum Gasteiger partial charge on any atom is 0.320 e. The van der Waals surface area contributed by atoms with Crippen molar-refractivity contribution in [3.05, 3.63) is 29.3 Å². The monoisotopic (exact) mass is 384 g/mol. The number of fused-ring (bicyclic) bond motifs is 1. The highest BCUT2D eigenvalue weighted by Gasteiger charge is 2.18. The van der Waals surface area contributed by atoms with Crippen molar-refractivity contribution >= 4 is 17.0 Å². The Labute approximate surface area is 161 Å². The zero-order valence-electron chi connectivity index (χ0n) is 15.8. The van der Waals surface area contributed by atoms with Crippen LogP contribution in [0.2, 0.25) is 0 Å². The van der Waals surface area contributed by atoms with E-state index in [0.29, 0.717) is 41.6 Å². The number of nitrogens with zero attached hydrogens (tertiary/aromatic N) is 5. The van der Waals surface area contributed by atoms with Gasteiger partial charge in [0, 0.05) is 7.11 Å². The van der Waals surface area contributed by atoms with E-state index in [1.807, 2.05) is 6.07 Å². The van der Waals surface area contributed by atoms with E-state index >= 15 is 0 Å². The van der Waals surface area contributed by atoms with Gasteiger partial charge >= 0.3 is 6.01 Å². The van der Waals surface area contributed by atoms with Gasteiger partial charge in [0.1, 0.15) is 18.4 Å². The van der Waals surface area contributed by atoms with Crippen LogP contribution in [0.25, 0.3) is 11.2 Å². The molecule has 0 saturated heterocycles. The molecule has 0 radical (unpaired) electrons. The lowest BCUT2D eigenvalue weighted by Gasteiger charge is -2.10. The number of nitrogens with two attached hydrogens (primary N) is 1. The largest absolute Gasteiger partial charge is 0.495 e. The number of nitrogen functional groups attached to an aromatic ring is 1. The first-order chi connectivity index (χ1) is 13.6. The number of ether oxygens (including phenoxy) is 4. The number of anilines is 1. The van der Waals surface area contributed by atoms with Gasteiger partial charge in [0.25, 0.3) is 6.01 Å². The van der Waals surface area contributed by atoms with Crippen LogP contribution in [-0.4, -0.2) is 54.1 Å². The van der Waals surface area contributed by atoms with Crippen molar-refractivity contribution in [3.63, 3.8) is 0 Å². The van der Waals surface area contributed by atoms with E-state index in [1.54, 1.807) is 23.8 Å². The molecule has 0 aliphatic rings. The van der Waals surface area contributed by atoms with Crippen LogP contribution in [0.1, 0.15) is 11.1 Å². The Morgan fingerprint density at radius 3 is 2.61 bits per heavy atom.